The maximum atomic E-state index is 11.5. The van der Waals surface area contributed by atoms with Crippen LogP contribution in [0.4, 0.5) is 5.69 Å². The van der Waals surface area contributed by atoms with Crippen LogP contribution in [0.15, 0.2) is 60.7 Å². The molecule has 0 N–H and O–H groups in total. The molecule has 4 rings (SSSR count). The fraction of sp³-hybridized carbons (Fsp3) is 0.651. The second-order valence-electron chi connectivity index (χ2n) is 27.9. The molecule has 10 nitrogen and oxygen atoms in total. The highest BCUT2D eigenvalue weighted by Crippen LogP contribution is 2.42. The van der Waals surface area contributed by atoms with Gasteiger partial charge >= 0.3 is 0 Å². The predicted octanol–water partition coefficient (Wildman–Crippen LogP) is 26.7. The van der Waals surface area contributed by atoms with Gasteiger partial charge in [-0.3, -0.25) is 10.1 Å². The molecule has 0 spiro atoms. The third-order valence-corrected chi connectivity index (χ3v) is 18.9. The highest BCUT2D eigenvalue weighted by atomic mass is 16.6. The summed E-state index contributed by atoms with van der Waals surface area (Å²) in [5, 5.41) is 11.5. The van der Waals surface area contributed by atoms with Gasteiger partial charge in [0, 0.05) is 34.4 Å². The van der Waals surface area contributed by atoms with Crippen LogP contribution < -0.4 is 33.2 Å². The monoisotopic (exact) mass is 1330 g/mol. The molecule has 0 aliphatic rings. The number of unbranched alkanes of at least 4 members (excludes halogenated alkanes) is 27. The average molecular weight is 1330 g/mol. The van der Waals surface area contributed by atoms with Crippen molar-refractivity contribution in [2.75, 3.05) is 46.2 Å². The summed E-state index contributed by atoms with van der Waals surface area (Å²) in [6, 6.07) is 19.3. The van der Waals surface area contributed by atoms with Gasteiger partial charge in [0.15, 0.2) is 11.5 Å². The van der Waals surface area contributed by atoms with E-state index in [1.807, 2.05) is 12.2 Å². The first-order chi connectivity index (χ1) is 46.9. The first kappa shape index (κ1) is 82.5. The minimum Gasteiger partial charge on any atom is -0.493 e. The standard InChI is InChI=1S/C86H135NO9/c1-12-19-22-25-28-31-34-37-40-43-56-90-84-59-74(60-85(91-57-44-41-38-35-32-29-26-23-20-13-2)86(84)92-58-45-42-39-36-33-30-27-24-21-14-3)47-51-76-62-83(96-68-72(11)18-7)78(64-81(76)94-66-70(9)16-5)53-52-77-63-80(93-65-69(8)15-4)75(61-82(77)95-67-71(10)17-6)50-46-73-48-54-79(55-49-73)87(88)89/h46-55,59-64,69-72H,12-45,56-58,65-68H2,1-11H3/b50-46+,51-47+,53-52+/t69-,70-,71-,72-/m0/s1. The first-order valence-corrected chi connectivity index (χ1v) is 39.1. The summed E-state index contributed by atoms with van der Waals surface area (Å²) in [6.45, 7) is 28.6. The van der Waals surface area contributed by atoms with Crippen LogP contribution in [0.1, 0.15) is 328 Å². The largest absolute Gasteiger partial charge is 0.493 e. The Morgan fingerprint density at radius 1 is 0.312 bits per heavy atom. The molecular weight excluding hydrogens is 1190 g/mol. The average Bonchev–Trinajstić information content (AvgIpc) is 0.839. The number of hydrogen-bond acceptors (Lipinski definition) is 9. The van der Waals surface area contributed by atoms with Gasteiger partial charge in [-0.1, -0.05) is 312 Å². The number of hydrogen-bond donors (Lipinski definition) is 0. The molecule has 10 heteroatoms. The van der Waals surface area contributed by atoms with Crippen molar-refractivity contribution in [3.63, 3.8) is 0 Å². The smallest absolute Gasteiger partial charge is 0.269 e. The van der Waals surface area contributed by atoms with Gasteiger partial charge in [0.2, 0.25) is 5.75 Å². The summed E-state index contributed by atoms with van der Waals surface area (Å²) in [5.41, 5.74) is 5.40. The van der Waals surface area contributed by atoms with E-state index in [1.54, 1.807) is 12.1 Å². The molecule has 0 bridgehead atoms. The molecule has 0 saturated heterocycles. The maximum Gasteiger partial charge on any atom is 0.269 e. The third kappa shape index (κ3) is 35.0. The molecule has 0 saturated carbocycles. The summed E-state index contributed by atoms with van der Waals surface area (Å²) < 4.78 is 47.7. The Balaban J connectivity index is 1.82. The predicted molar refractivity (Wildman–Crippen MR) is 411 cm³/mol. The van der Waals surface area contributed by atoms with Crippen LogP contribution >= 0.6 is 0 Å². The Morgan fingerprint density at radius 3 is 0.854 bits per heavy atom. The van der Waals surface area contributed by atoms with Crippen molar-refractivity contribution in [1.29, 1.82) is 0 Å². The summed E-state index contributed by atoms with van der Waals surface area (Å²) in [7, 11) is 0. The Kier molecular flexibility index (Phi) is 44.9. The highest BCUT2D eigenvalue weighted by Gasteiger charge is 2.19. The Morgan fingerprint density at radius 2 is 0.573 bits per heavy atom. The Labute approximate surface area is 586 Å². The minimum absolute atomic E-state index is 0.0553. The van der Waals surface area contributed by atoms with Crippen LogP contribution in [0.2, 0.25) is 0 Å². The Hall–Kier alpha value is -5.90. The molecule has 4 atom stereocenters. The normalized spacial score (nSPS) is 13.0. The molecule has 96 heavy (non-hydrogen) atoms. The van der Waals surface area contributed by atoms with Crippen LogP contribution in [0, 0.1) is 33.8 Å². The molecule has 0 aromatic heterocycles. The summed E-state index contributed by atoms with van der Waals surface area (Å²) in [5.74, 6) is 6.56. The Bertz CT molecular complexity index is 2700. The lowest BCUT2D eigenvalue weighted by Crippen LogP contribution is -2.10. The first-order valence-electron chi connectivity index (χ1n) is 39.1. The molecule has 0 amide bonds. The molecule has 0 aliphatic carbocycles. The zero-order valence-corrected chi connectivity index (χ0v) is 62.7. The van der Waals surface area contributed by atoms with E-state index in [9.17, 15) is 10.1 Å². The van der Waals surface area contributed by atoms with Crippen molar-refractivity contribution in [2.24, 2.45) is 23.7 Å². The van der Waals surface area contributed by atoms with E-state index < -0.39 is 0 Å². The number of benzene rings is 4. The van der Waals surface area contributed by atoms with Gasteiger partial charge in [-0.25, -0.2) is 0 Å². The molecule has 0 radical (unpaired) electrons. The summed E-state index contributed by atoms with van der Waals surface area (Å²) in [4.78, 5) is 11.1. The van der Waals surface area contributed by atoms with Crippen molar-refractivity contribution in [3.05, 3.63) is 104 Å². The topological polar surface area (TPSA) is 108 Å². The van der Waals surface area contributed by atoms with E-state index >= 15 is 0 Å². The van der Waals surface area contributed by atoms with Crippen molar-refractivity contribution in [2.45, 2.75) is 294 Å². The van der Waals surface area contributed by atoms with Crippen molar-refractivity contribution < 1.29 is 38.1 Å². The lowest BCUT2D eigenvalue weighted by Gasteiger charge is -2.19. The van der Waals surface area contributed by atoms with E-state index in [2.05, 4.69) is 137 Å². The number of non-ortho nitro benzene ring substituents is 1. The van der Waals surface area contributed by atoms with Gasteiger partial charge in [-0.2, -0.15) is 0 Å². The molecule has 0 heterocycles. The van der Waals surface area contributed by atoms with E-state index in [4.69, 9.17) is 33.2 Å². The SMILES string of the molecule is CCCCCCCCCCCCOc1cc(/C=C/c2cc(OC[C@@H](C)CC)c(/C=C/c3cc(OC[C@@H](C)CC)c(/C=C/c4ccc([N+](=O)[O-])cc4)cc3OC[C@@H](C)CC)cc2OC[C@@H](C)CC)cc(OCCCCCCCCCCCC)c1OCCCCCCCCCCCC. The van der Waals surface area contributed by atoms with Gasteiger partial charge in [0.25, 0.3) is 5.69 Å². The van der Waals surface area contributed by atoms with E-state index in [-0.39, 0.29) is 10.6 Å². The molecule has 0 fully saturated rings. The van der Waals surface area contributed by atoms with Gasteiger partial charge < -0.3 is 33.2 Å². The van der Waals surface area contributed by atoms with Crippen LogP contribution in [0.3, 0.4) is 0 Å². The molecule has 4 aromatic carbocycles. The molecular formula is C86H135NO9. The highest BCUT2D eigenvalue weighted by molar-refractivity contribution is 5.82. The van der Waals surface area contributed by atoms with E-state index in [1.165, 1.54) is 166 Å². The van der Waals surface area contributed by atoms with Gasteiger partial charge in [-0.05, 0) is 103 Å². The molecule has 0 unspecified atom stereocenters. The second kappa shape index (κ2) is 52.2. The number of rotatable bonds is 59. The lowest BCUT2D eigenvalue weighted by atomic mass is 10.0. The van der Waals surface area contributed by atoms with Crippen LogP contribution in [0.25, 0.3) is 36.5 Å². The second-order valence-corrected chi connectivity index (χ2v) is 27.9. The number of nitrogens with zero attached hydrogens (tertiary/aromatic N) is 1. The fourth-order valence-electron chi connectivity index (χ4n) is 11.2. The molecule has 538 valence electrons. The lowest BCUT2D eigenvalue weighted by molar-refractivity contribution is -0.384. The van der Waals surface area contributed by atoms with Crippen LogP contribution in [-0.2, 0) is 0 Å². The van der Waals surface area contributed by atoms with Gasteiger partial charge in [0.05, 0.1) is 51.2 Å². The quantitative estimate of drug-likeness (QED) is 0.0185. The third-order valence-electron chi connectivity index (χ3n) is 18.9. The summed E-state index contributed by atoms with van der Waals surface area (Å²) >= 11 is 0. The van der Waals surface area contributed by atoms with Crippen molar-refractivity contribution >= 4 is 42.1 Å². The van der Waals surface area contributed by atoms with Gasteiger partial charge in [-0.15, -0.1) is 0 Å². The number of nitro groups is 1. The van der Waals surface area contributed by atoms with Crippen molar-refractivity contribution in [3.8, 4) is 40.2 Å². The minimum atomic E-state index is -0.375. The molecule has 0 aliphatic heterocycles. The zero-order chi connectivity index (χ0) is 69.2. The van der Waals surface area contributed by atoms with E-state index in [0.717, 1.165) is 138 Å². The maximum absolute atomic E-state index is 11.5. The summed E-state index contributed by atoms with van der Waals surface area (Å²) in [6.07, 6.45) is 54.5. The fourth-order valence-corrected chi connectivity index (χ4v) is 11.2. The van der Waals surface area contributed by atoms with Crippen LogP contribution in [0.5, 0.6) is 40.2 Å². The van der Waals surface area contributed by atoms with Gasteiger partial charge in [0.1, 0.15) is 23.0 Å². The van der Waals surface area contributed by atoms with Crippen LogP contribution in [-0.4, -0.2) is 51.2 Å². The van der Waals surface area contributed by atoms with E-state index in [0.29, 0.717) is 69.9 Å². The van der Waals surface area contributed by atoms with Crippen molar-refractivity contribution in [1.82, 2.24) is 0 Å². The number of ether oxygens (including phenoxy) is 7. The zero-order valence-electron chi connectivity index (χ0n) is 62.7. The molecule has 4 aromatic rings. The number of nitro benzene ring substituents is 1.